The Morgan fingerprint density at radius 3 is 2.62 bits per heavy atom. The predicted octanol–water partition coefficient (Wildman–Crippen LogP) is 2.68. The van der Waals surface area contributed by atoms with E-state index in [2.05, 4.69) is 5.32 Å². The molecule has 2 aromatic rings. The number of nitrogens with one attached hydrogen (secondary N) is 1. The normalized spacial score (nSPS) is 10.2. The Kier molecular flexibility index (Phi) is 4.79. The second-order valence-corrected chi connectivity index (χ2v) is 4.47. The van der Waals surface area contributed by atoms with Crippen molar-refractivity contribution >= 4 is 17.3 Å². The van der Waals surface area contributed by atoms with Crippen LogP contribution in [-0.4, -0.2) is 20.1 Å². The van der Waals surface area contributed by atoms with Gasteiger partial charge in [0.05, 0.1) is 25.0 Å². The molecule has 0 aromatic heterocycles. The maximum absolute atomic E-state index is 12.4. The summed E-state index contributed by atoms with van der Waals surface area (Å²) in [4.78, 5) is 12.4. The van der Waals surface area contributed by atoms with E-state index < -0.39 is 0 Å². The summed E-state index contributed by atoms with van der Waals surface area (Å²) < 4.78 is 10.2. The molecule has 0 aliphatic heterocycles. The molecule has 0 saturated carbocycles. The molecule has 0 aliphatic rings. The topological polar surface area (TPSA) is 73.6 Å². The fourth-order valence-electron chi connectivity index (χ4n) is 2.03. The van der Waals surface area contributed by atoms with E-state index in [-0.39, 0.29) is 5.91 Å². The summed E-state index contributed by atoms with van der Waals surface area (Å²) in [7, 11) is 3.12. The zero-order chi connectivity index (χ0) is 15.2. The minimum absolute atomic E-state index is 0.282. The van der Waals surface area contributed by atoms with Crippen molar-refractivity contribution in [1.29, 1.82) is 0 Å². The van der Waals surface area contributed by atoms with Crippen LogP contribution in [0.2, 0.25) is 0 Å². The Morgan fingerprint density at radius 1 is 1.14 bits per heavy atom. The molecule has 0 unspecified atom stereocenters. The van der Waals surface area contributed by atoms with E-state index in [0.29, 0.717) is 29.3 Å². The van der Waals surface area contributed by atoms with Crippen LogP contribution in [0.25, 0.3) is 0 Å². The van der Waals surface area contributed by atoms with Gasteiger partial charge in [-0.1, -0.05) is 24.3 Å². The molecule has 110 valence electrons. The summed E-state index contributed by atoms with van der Waals surface area (Å²) in [6.45, 7) is 0.421. The fourth-order valence-corrected chi connectivity index (χ4v) is 2.03. The number of amides is 1. The third-order valence-corrected chi connectivity index (χ3v) is 3.10. The summed E-state index contributed by atoms with van der Waals surface area (Å²) in [6, 6.07) is 12.6. The molecule has 0 spiro atoms. The maximum atomic E-state index is 12.4. The van der Waals surface area contributed by atoms with Gasteiger partial charge in [0.2, 0.25) is 0 Å². The van der Waals surface area contributed by atoms with Gasteiger partial charge in [-0.25, -0.2) is 0 Å². The molecule has 0 fully saturated rings. The van der Waals surface area contributed by atoms with E-state index in [4.69, 9.17) is 15.2 Å². The van der Waals surface area contributed by atoms with Gasteiger partial charge in [-0.3, -0.25) is 4.79 Å². The average molecular weight is 286 g/mol. The summed E-state index contributed by atoms with van der Waals surface area (Å²) in [5, 5.41) is 2.85. The van der Waals surface area contributed by atoms with Crippen LogP contribution in [-0.2, 0) is 11.3 Å². The molecule has 0 heterocycles. The van der Waals surface area contributed by atoms with Crippen LogP contribution < -0.4 is 15.8 Å². The molecule has 2 aromatic carbocycles. The Bertz CT molecular complexity index is 641. The molecule has 3 N–H and O–H groups in total. The van der Waals surface area contributed by atoms with Crippen molar-refractivity contribution < 1.29 is 14.3 Å². The summed E-state index contributed by atoms with van der Waals surface area (Å²) in [5.41, 5.74) is 8.23. The van der Waals surface area contributed by atoms with E-state index in [1.165, 1.54) is 7.11 Å². The van der Waals surface area contributed by atoms with E-state index in [1.54, 1.807) is 25.3 Å². The quantitative estimate of drug-likeness (QED) is 0.829. The fraction of sp³-hybridized carbons (Fsp3) is 0.188. The van der Waals surface area contributed by atoms with Crippen molar-refractivity contribution in [1.82, 2.24) is 0 Å². The van der Waals surface area contributed by atoms with Crippen molar-refractivity contribution in [3.05, 3.63) is 53.6 Å². The van der Waals surface area contributed by atoms with Gasteiger partial charge >= 0.3 is 0 Å². The van der Waals surface area contributed by atoms with Crippen molar-refractivity contribution in [2.45, 2.75) is 6.61 Å². The second-order valence-electron chi connectivity index (χ2n) is 4.47. The van der Waals surface area contributed by atoms with Gasteiger partial charge < -0.3 is 20.5 Å². The number of hydrogen-bond donors (Lipinski definition) is 2. The number of rotatable bonds is 5. The first-order valence-corrected chi connectivity index (χ1v) is 6.48. The lowest BCUT2D eigenvalue weighted by Gasteiger charge is -2.13. The van der Waals surface area contributed by atoms with Crippen molar-refractivity contribution in [2.75, 3.05) is 25.3 Å². The highest BCUT2D eigenvalue weighted by Crippen LogP contribution is 2.26. The molecule has 0 saturated heterocycles. The van der Waals surface area contributed by atoms with Crippen molar-refractivity contribution in [3.8, 4) is 5.75 Å². The molecule has 0 aliphatic carbocycles. The number of hydrogen-bond acceptors (Lipinski definition) is 4. The van der Waals surface area contributed by atoms with Gasteiger partial charge in [-0.05, 0) is 18.2 Å². The molecule has 0 radical (unpaired) electrons. The molecular formula is C16H18N2O3. The Hall–Kier alpha value is -2.53. The summed E-state index contributed by atoms with van der Waals surface area (Å²) in [6.07, 6.45) is 0. The van der Waals surface area contributed by atoms with Crippen molar-refractivity contribution in [3.63, 3.8) is 0 Å². The van der Waals surface area contributed by atoms with E-state index >= 15 is 0 Å². The van der Waals surface area contributed by atoms with Crippen molar-refractivity contribution in [2.24, 2.45) is 0 Å². The average Bonchev–Trinajstić information content (AvgIpc) is 2.49. The van der Waals surface area contributed by atoms with Gasteiger partial charge in [0.15, 0.2) is 0 Å². The standard InChI is InChI=1S/C16H18N2O3/c1-20-10-11-6-3-4-8-13(11)18-16(19)12-7-5-9-14(21-2)15(12)17/h3-9H,10,17H2,1-2H3,(H,18,19). The van der Waals surface area contributed by atoms with Crippen LogP contribution in [0.3, 0.4) is 0 Å². The van der Waals surface area contributed by atoms with Gasteiger partial charge in [0.25, 0.3) is 5.91 Å². The van der Waals surface area contributed by atoms with Crippen LogP contribution >= 0.6 is 0 Å². The highest BCUT2D eigenvalue weighted by molar-refractivity contribution is 6.08. The number of methoxy groups -OCH3 is 2. The minimum Gasteiger partial charge on any atom is -0.495 e. The first-order chi connectivity index (χ1) is 10.2. The van der Waals surface area contributed by atoms with Gasteiger partial charge in [0.1, 0.15) is 5.75 Å². The zero-order valence-electron chi connectivity index (χ0n) is 12.1. The number of para-hydroxylation sites is 2. The largest absolute Gasteiger partial charge is 0.495 e. The number of benzene rings is 2. The molecule has 0 bridgehead atoms. The van der Waals surface area contributed by atoms with Crippen LogP contribution in [0.5, 0.6) is 5.75 Å². The Balaban J connectivity index is 2.26. The SMILES string of the molecule is COCc1ccccc1NC(=O)c1cccc(OC)c1N. The lowest BCUT2D eigenvalue weighted by atomic mass is 10.1. The van der Waals surface area contributed by atoms with Crippen LogP contribution in [0.1, 0.15) is 15.9 Å². The second kappa shape index (κ2) is 6.76. The lowest BCUT2D eigenvalue weighted by molar-refractivity contribution is 0.102. The minimum atomic E-state index is -0.282. The summed E-state index contributed by atoms with van der Waals surface area (Å²) in [5.74, 6) is 0.197. The molecule has 5 heteroatoms. The molecule has 5 nitrogen and oxygen atoms in total. The smallest absolute Gasteiger partial charge is 0.257 e. The maximum Gasteiger partial charge on any atom is 0.257 e. The molecule has 0 atom stereocenters. The number of nitrogens with two attached hydrogens (primary N) is 1. The molecule has 1 amide bonds. The Labute approximate surface area is 123 Å². The van der Waals surface area contributed by atoms with Crippen LogP contribution in [0.15, 0.2) is 42.5 Å². The van der Waals surface area contributed by atoms with E-state index in [0.717, 1.165) is 5.56 Å². The number of carbonyl (C=O) groups is 1. The number of nitrogen functional groups attached to an aromatic ring is 1. The van der Waals surface area contributed by atoms with E-state index in [1.807, 2.05) is 24.3 Å². The zero-order valence-corrected chi connectivity index (χ0v) is 12.1. The lowest BCUT2D eigenvalue weighted by Crippen LogP contribution is -2.15. The predicted molar refractivity (Wildman–Crippen MR) is 82.5 cm³/mol. The monoisotopic (exact) mass is 286 g/mol. The van der Waals surface area contributed by atoms with E-state index in [9.17, 15) is 4.79 Å². The molecule has 2 rings (SSSR count). The third-order valence-electron chi connectivity index (χ3n) is 3.10. The molecule has 21 heavy (non-hydrogen) atoms. The van der Waals surface area contributed by atoms with Crippen LogP contribution in [0, 0.1) is 0 Å². The first-order valence-electron chi connectivity index (χ1n) is 6.48. The number of carbonyl (C=O) groups excluding carboxylic acids is 1. The van der Waals surface area contributed by atoms with Gasteiger partial charge in [-0.2, -0.15) is 0 Å². The Morgan fingerprint density at radius 2 is 1.90 bits per heavy atom. The van der Waals surface area contributed by atoms with Crippen LogP contribution in [0.4, 0.5) is 11.4 Å². The summed E-state index contributed by atoms with van der Waals surface area (Å²) >= 11 is 0. The van der Waals surface area contributed by atoms with Gasteiger partial charge in [-0.15, -0.1) is 0 Å². The highest BCUT2D eigenvalue weighted by atomic mass is 16.5. The first kappa shape index (κ1) is 14.9. The number of ether oxygens (including phenoxy) is 2. The highest BCUT2D eigenvalue weighted by Gasteiger charge is 2.14. The molecular weight excluding hydrogens is 268 g/mol. The number of anilines is 2. The third kappa shape index (κ3) is 3.32. The van der Waals surface area contributed by atoms with Gasteiger partial charge in [0, 0.05) is 18.4 Å².